The number of hydrogen-bond acceptors (Lipinski definition) is 4. The first kappa shape index (κ1) is 14.9. The summed E-state index contributed by atoms with van der Waals surface area (Å²) in [4.78, 5) is 1.89. The molecular formula is C13H20FNO3. The second-order valence-corrected chi connectivity index (χ2v) is 4.26. The maximum absolute atomic E-state index is 13.2. The Hall–Kier alpha value is -1.17. The van der Waals surface area contributed by atoms with Gasteiger partial charge in [-0.25, -0.2) is 4.39 Å². The van der Waals surface area contributed by atoms with Gasteiger partial charge < -0.3 is 14.6 Å². The third kappa shape index (κ3) is 4.60. The van der Waals surface area contributed by atoms with Gasteiger partial charge in [-0.05, 0) is 25.2 Å². The van der Waals surface area contributed by atoms with Crippen molar-refractivity contribution in [2.75, 3.05) is 34.4 Å². The first-order chi connectivity index (χ1) is 8.56. The summed E-state index contributed by atoms with van der Waals surface area (Å²) in [7, 11) is 4.94. The molecule has 0 heterocycles. The number of ether oxygens (including phenoxy) is 2. The van der Waals surface area contributed by atoms with Gasteiger partial charge in [-0.1, -0.05) is 0 Å². The first-order valence-electron chi connectivity index (χ1n) is 5.74. The van der Waals surface area contributed by atoms with Gasteiger partial charge in [-0.2, -0.15) is 0 Å². The lowest BCUT2D eigenvalue weighted by molar-refractivity contribution is 0.0417. The predicted octanol–water partition coefficient (Wildman–Crippen LogP) is 1.27. The zero-order chi connectivity index (χ0) is 13.5. The maximum Gasteiger partial charge on any atom is 0.123 e. The lowest BCUT2D eigenvalue weighted by Gasteiger charge is -2.21. The maximum atomic E-state index is 13.2. The van der Waals surface area contributed by atoms with Crippen LogP contribution in [-0.2, 0) is 11.3 Å². The van der Waals surface area contributed by atoms with E-state index in [9.17, 15) is 9.50 Å². The Morgan fingerprint density at radius 1 is 1.39 bits per heavy atom. The Kier molecular flexibility index (Phi) is 6.04. The van der Waals surface area contributed by atoms with Crippen LogP contribution >= 0.6 is 0 Å². The van der Waals surface area contributed by atoms with Crippen LogP contribution in [-0.4, -0.2) is 50.5 Å². The molecular weight excluding hydrogens is 237 g/mol. The SMILES string of the molecule is COCC(O)CN(C)Cc1cc(F)ccc1OC. The lowest BCUT2D eigenvalue weighted by atomic mass is 10.2. The standard InChI is InChI=1S/C13H20FNO3/c1-15(8-12(16)9-17-2)7-10-6-11(14)4-5-13(10)18-3/h4-6,12,16H,7-9H2,1-3H3. The van der Waals surface area contributed by atoms with Crippen molar-refractivity contribution in [3.05, 3.63) is 29.6 Å². The average Bonchev–Trinajstić information content (AvgIpc) is 2.29. The van der Waals surface area contributed by atoms with E-state index in [0.29, 0.717) is 18.8 Å². The summed E-state index contributed by atoms with van der Waals surface area (Å²) in [6.07, 6.45) is -0.556. The van der Waals surface area contributed by atoms with E-state index in [0.717, 1.165) is 5.56 Å². The van der Waals surface area contributed by atoms with Crippen molar-refractivity contribution in [1.29, 1.82) is 0 Å². The zero-order valence-corrected chi connectivity index (χ0v) is 11.0. The molecule has 0 aliphatic rings. The van der Waals surface area contributed by atoms with Crippen LogP contribution in [0.15, 0.2) is 18.2 Å². The summed E-state index contributed by atoms with van der Waals surface area (Å²) < 4.78 is 23.2. The third-order valence-electron chi connectivity index (χ3n) is 2.56. The van der Waals surface area contributed by atoms with Crippen LogP contribution in [0.4, 0.5) is 4.39 Å². The predicted molar refractivity (Wildman–Crippen MR) is 67.2 cm³/mol. The Bertz CT molecular complexity index is 373. The fourth-order valence-corrected chi connectivity index (χ4v) is 1.83. The average molecular weight is 257 g/mol. The van der Waals surface area contributed by atoms with Crippen LogP contribution < -0.4 is 4.74 Å². The highest BCUT2D eigenvalue weighted by molar-refractivity contribution is 5.33. The van der Waals surface area contributed by atoms with Gasteiger partial charge in [0.1, 0.15) is 11.6 Å². The van der Waals surface area contributed by atoms with E-state index in [4.69, 9.17) is 9.47 Å². The fraction of sp³-hybridized carbons (Fsp3) is 0.538. The number of benzene rings is 1. The summed E-state index contributed by atoms with van der Waals surface area (Å²) in [6, 6.07) is 4.41. The topological polar surface area (TPSA) is 41.9 Å². The molecule has 0 saturated carbocycles. The van der Waals surface area contributed by atoms with Gasteiger partial charge in [-0.3, -0.25) is 4.90 Å². The molecule has 0 amide bonds. The van der Waals surface area contributed by atoms with E-state index in [1.165, 1.54) is 12.1 Å². The van der Waals surface area contributed by atoms with Gasteiger partial charge in [0.25, 0.3) is 0 Å². The largest absolute Gasteiger partial charge is 0.496 e. The number of likely N-dealkylation sites (N-methyl/N-ethyl adjacent to an activating group) is 1. The Morgan fingerprint density at radius 3 is 2.72 bits per heavy atom. The molecule has 0 saturated heterocycles. The van der Waals surface area contributed by atoms with Crippen molar-refractivity contribution < 1.29 is 19.0 Å². The molecule has 1 N–H and O–H groups in total. The number of hydrogen-bond donors (Lipinski definition) is 1. The molecule has 1 aromatic rings. The molecule has 1 atom stereocenters. The van der Waals surface area contributed by atoms with Crippen molar-refractivity contribution in [2.24, 2.45) is 0 Å². The minimum atomic E-state index is -0.556. The molecule has 18 heavy (non-hydrogen) atoms. The lowest BCUT2D eigenvalue weighted by Crippen LogP contribution is -2.31. The molecule has 0 bridgehead atoms. The van der Waals surface area contributed by atoms with Crippen molar-refractivity contribution in [2.45, 2.75) is 12.6 Å². The summed E-state index contributed by atoms with van der Waals surface area (Å²) in [5, 5.41) is 9.61. The molecule has 102 valence electrons. The minimum Gasteiger partial charge on any atom is -0.496 e. The number of aliphatic hydroxyl groups excluding tert-OH is 1. The minimum absolute atomic E-state index is 0.282. The van der Waals surface area contributed by atoms with Gasteiger partial charge in [0.05, 0.1) is 19.8 Å². The number of rotatable bonds is 7. The quantitative estimate of drug-likeness (QED) is 0.799. The first-order valence-corrected chi connectivity index (χ1v) is 5.74. The number of halogens is 1. The van der Waals surface area contributed by atoms with Gasteiger partial charge in [0, 0.05) is 25.8 Å². The van der Waals surface area contributed by atoms with Crippen LogP contribution in [0.5, 0.6) is 5.75 Å². The second-order valence-electron chi connectivity index (χ2n) is 4.26. The zero-order valence-electron chi connectivity index (χ0n) is 11.0. The molecule has 0 aliphatic carbocycles. The molecule has 1 aromatic carbocycles. The van der Waals surface area contributed by atoms with E-state index < -0.39 is 6.10 Å². The molecule has 1 rings (SSSR count). The van der Waals surface area contributed by atoms with Gasteiger partial charge in [-0.15, -0.1) is 0 Å². The summed E-state index contributed by atoms with van der Waals surface area (Å²) in [5.74, 6) is 0.348. The molecule has 1 unspecified atom stereocenters. The van der Waals surface area contributed by atoms with E-state index >= 15 is 0 Å². The normalized spacial score (nSPS) is 12.8. The molecule has 0 aromatic heterocycles. The van der Waals surface area contributed by atoms with Crippen molar-refractivity contribution in [3.63, 3.8) is 0 Å². The summed E-state index contributed by atoms with van der Waals surface area (Å²) in [5.41, 5.74) is 0.754. The highest BCUT2D eigenvalue weighted by Crippen LogP contribution is 2.20. The van der Waals surface area contributed by atoms with Crippen LogP contribution in [0.1, 0.15) is 5.56 Å². The molecule has 0 spiro atoms. The monoisotopic (exact) mass is 257 g/mol. The van der Waals surface area contributed by atoms with E-state index in [-0.39, 0.29) is 12.4 Å². The van der Waals surface area contributed by atoms with Crippen molar-refractivity contribution in [1.82, 2.24) is 4.90 Å². The highest BCUT2D eigenvalue weighted by atomic mass is 19.1. The van der Waals surface area contributed by atoms with Crippen LogP contribution in [0.25, 0.3) is 0 Å². The van der Waals surface area contributed by atoms with E-state index in [1.54, 1.807) is 20.3 Å². The Labute approximate surface area is 107 Å². The van der Waals surface area contributed by atoms with Crippen LogP contribution in [0.2, 0.25) is 0 Å². The number of methoxy groups -OCH3 is 2. The molecule has 0 fully saturated rings. The van der Waals surface area contributed by atoms with Gasteiger partial charge in [0.15, 0.2) is 0 Å². The van der Waals surface area contributed by atoms with E-state index in [2.05, 4.69) is 0 Å². The second kappa shape index (κ2) is 7.31. The third-order valence-corrected chi connectivity index (χ3v) is 2.56. The summed E-state index contributed by atoms with van der Waals surface area (Å²) >= 11 is 0. The Balaban J connectivity index is 2.63. The van der Waals surface area contributed by atoms with Crippen LogP contribution in [0.3, 0.4) is 0 Å². The van der Waals surface area contributed by atoms with Crippen molar-refractivity contribution in [3.8, 4) is 5.75 Å². The molecule has 5 heteroatoms. The molecule has 4 nitrogen and oxygen atoms in total. The summed E-state index contributed by atoms with van der Waals surface area (Å²) in [6.45, 7) is 1.24. The molecule has 0 radical (unpaired) electrons. The Morgan fingerprint density at radius 2 is 2.11 bits per heavy atom. The van der Waals surface area contributed by atoms with Crippen molar-refractivity contribution >= 4 is 0 Å². The smallest absolute Gasteiger partial charge is 0.123 e. The van der Waals surface area contributed by atoms with Gasteiger partial charge >= 0.3 is 0 Å². The number of aliphatic hydroxyl groups is 1. The van der Waals surface area contributed by atoms with E-state index in [1.807, 2.05) is 11.9 Å². The highest BCUT2D eigenvalue weighted by Gasteiger charge is 2.11. The number of nitrogens with zero attached hydrogens (tertiary/aromatic N) is 1. The molecule has 0 aliphatic heterocycles. The fourth-order valence-electron chi connectivity index (χ4n) is 1.83. The van der Waals surface area contributed by atoms with Gasteiger partial charge in [0.2, 0.25) is 0 Å². The van der Waals surface area contributed by atoms with Crippen LogP contribution in [0, 0.1) is 5.82 Å².